The second-order valence-electron chi connectivity index (χ2n) is 3.35. The van der Waals surface area contributed by atoms with Gasteiger partial charge in [0, 0.05) is 12.6 Å². The minimum atomic E-state index is -1.55. The van der Waals surface area contributed by atoms with Crippen molar-refractivity contribution < 1.29 is 9.90 Å². The number of para-hydroxylation sites is 1. The molecule has 1 aromatic carbocycles. The van der Waals surface area contributed by atoms with Crippen LogP contribution in [0.3, 0.4) is 0 Å². The molecule has 0 aliphatic carbocycles. The number of aliphatic hydroxyl groups is 1. The molecular formula is C11H11NO2. The van der Waals surface area contributed by atoms with Crippen molar-refractivity contribution in [3.8, 4) is 0 Å². The van der Waals surface area contributed by atoms with Crippen LogP contribution in [0.25, 0.3) is 0 Å². The fourth-order valence-corrected chi connectivity index (χ4v) is 1.77. The van der Waals surface area contributed by atoms with E-state index in [1.807, 2.05) is 6.07 Å². The highest BCUT2D eigenvalue weighted by Crippen LogP contribution is 2.39. The highest BCUT2D eigenvalue weighted by atomic mass is 16.3. The van der Waals surface area contributed by atoms with Crippen molar-refractivity contribution >= 4 is 11.6 Å². The third kappa shape index (κ3) is 0.873. The molecule has 0 bridgehead atoms. The Balaban J connectivity index is 2.70. The summed E-state index contributed by atoms with van der Waals surface area (Å²) in [5.74, 6) is -0.353. The van der Waals surface area contributed by atoms with E-state index in [4.69, 9.17) is 0 Å². The Morgan fingerprint density at radius 3 is 2.79 bits per heavy atom. The molecule has 0 aromatic heterocycles. The zero-order valence-electron chi connectivity index (χ0n) is 7.90. The number of carbonyl (C=O) groups excluding carboxylic acids is 1. The monoisotopic (exact) mass is 189 g/mol. The molecule has 0 spiro atoms. The van der Waals surface area contributed by atoms with Crippen LogP contribution >= 0.6 is 0 Å². The summed E-state index contributed by atoms with van der Waals surface area (Å²) in [6, 6.07) is 7.16. The van der Waals surface area contributed by atoms with Crippen LogP contribution in [0.2, 0.25) is 0 Å². The van der Waals surface area contributed by atoms with E-state index in [9.17, 15) is 9.90 Å². The standard InChI is InChI=1S/C11H11NO2/c1-3-11(14)8-6-4-5-7-9(8)12(2)10(11)13/h3-7,14H,1H2,2H3/t11-/m1/s1. The Hall–Kier alpha value is -1.61. The van der Waals surface area contributed by atoms with E-state index in [-0.39, 0.29) is 5.91 Å². The molecule has 0 saturated carbocycles. The van der Waals surface area contributed by atoms with Gasteiger partial charge in [0.15, 0.2) is 5.60 Å². The van der Waals surface area contributed by atoms with Crippen LogP contribution in [-0.4, -0.2) is 18.1 Å². The van der Waals surface area contributed by atoms with Crippen molar-refractivity contribution in [1.82, 2.24) is 0 Å². The first-order valence-electron chi connectivity index (χ1n) is 4.35. The average molecular weight is 189 g/mol. The molecule has 1 aliphatic rings. The lowest BCUT2D eigenvalue weighted by Crippen LogP contribution is -2.36. The average Bonchev–Trinajstić information content (AvgIpc) is 2.43. The first-order chi connectivity index (χ1) is 6.61. The van der Waals surface area contributed by atoms with Gasteiger partial charge in [0.1, 0.15) is 0 Å². The van der Waals surface area contributed by atoms with Crippen LogP contribution in [0.15, 0.2) is 36.9 Å². The fourth-order valence-electron chi connectivity index (χ4n) is 1.77. The number of nitrogens with zero attached hydrogens (tertiary/aromatic N) is 1. The van der Waals surface area contributed by atoms with Gasteiger partial charge in [-0.25, -0.2) is 0 Å². The van der Waals surface area contributed by atoms with Crippen molar-refractivity contribution in [2.24, 2.45) is 0 Å². The summed E-state index contributed by atoms with van der Waals surface area (Å²) in [6.45, 7) is 3.50. The summed E-state index contributed by atoms with van der Waals surface area (Å²) < 4.78 is 0. The second kappa shape index (κ2) is 2.69. The van der Waals surface area contributed by atoms with Crippen molar-refractivity contribution in [3.63, 3.8) is 0 Å². The molecule has 0 radical (unpaired) electrons. The zero-order valence-corrected chi connectivity index (χ0v) is 7.90. The van der Waals surface area contributed by atoms with Gasteiger partial charge in [0.2, 0.25) is 0 Å². The fraction of sp³-hybridized carbons (Fsp3) is 0.182. The van der Waals surface area contributed by atoms with E-state index in [2.05, 4.69) is 6.58 Å². The molecule has 3 nitrogen and oxygen atoms in total. The van der Waals surface area contributed by atoms with Gasteiger partial charge in [-0.2, -0.15) is 0 Å². The number of anilines is 1. The highest BCUT2D eigenvalue weighted by Gasteiger charge is 2.45. The van der Waals surface area contributed by atoms with Crippen LogP contribution < -0.4 is 4.90 Å². The van der Waals surface area contributed by atoms with Crippen molar-refractivity contribution in [1.29, 1.82) is 0 Å². The number of hydrogen-bond donors (Lipinski definition) is 1. The topological polar surface area (TPSA) is 40.5 Å². The van der Waals surface area contributed by atoms with Crippen LogP contribution in [0.1, 0.15) is 5.56 Å². The van der Waals surface area contributed by atoms with Gasteiger partial charge in [0.05, 0.1) is 5.69 Å². The van der Waals surface area contributed by atoms with E-state index >= 15 is 0 Å². The molecule has 1 N–H and O–H groups in total. The number of amides is 1. The molecule has 3 heteroatoms. The Labute approximate surface area is 82.3 Å². The van der Waals surface area contributed by atoms with Crippen molar-refractivity contribution in [2.75, 3.05) is 11.9 Å². The van der Waals surface area contributed by atoms with Gasteiger partial charge in [-0.05, 0) is 12.1 Å². The predicted molar refractivity (Wildman–Crippen MR) is 53.9 cm³/mol. The van der Waals surface area contributed by atoms with Crippen molar-refractivity contribution in [2.45, 2.75) is 5.60 Å². The number of benzene rings is 1. The smallest absolute Gasteiger partial charge is 0.267 e. The molecule has 72 valence electrons. The van der Waals surface area contributed by atoms with E-state index in [1.165, 1.54) is 11.0 Å². The molecule has 1 atom stereocenters. The third-order valence-electron chi connectivity index (χ3n) is 2.60. The minimum absolute atomic E-state index is 0.353. The van der Waals surface area contributed by atoms with E-state index in [1.54, 1.807) is 25.2 Å². The summed E-state index contributed by atoms with van der Waals surface area (Å²) in [7, 11) is 1.64. The Morgan fingerprint density at radius 2 is 2.14 bits per heavy atom. The maximum Gasteiger partial charge on any atom is 0.267 e. The number of rotatable bonds is 1. The van der Waals surface area contributed by atoms with Crippen LogP contribution in [0.4, 0.5) is 5.69 Å². The lowest BCUT2D eigenvalue weighted by atomic mass is 9.96. The van der Waals surface area contributed by atoms with Gasteiger partial charge in [-0.1, -0.05) is 24.8 Å². The Bertz CT molecular complexity index is 414. The normalized spacial score (nSPS) is 25.0. The predicted octanol–water partition coefficient (Wildman–Crippen LogP) is 1.04. The molecular weight excluding hydrogens is 178 g/mol. The molecule has 1 aliphatic heterocycles. The summed E-state index contributed by atoms with van der Waals surface area (Å²) in [5.41, 5.74) is -0.215. The summed E-state index contributed by atoms with van der Waals surface area (Å²) in [6.07, 6.45) is 1.28. The maximum absolute atomic E-state index is 11.7. The maximum atomic E-state index is 11.7. The largest absolute Gasteiger partial charge is 0.372 e. The second-order valence-corrected chi connectivity index (χ2v) is 3.35. The number of fused-ring (bicyclic) bond motifs is 1. The number of hydrogen-bond acceptors (Lipinski definition) is 2. The van der Waals surface area contributed by atoms with Crippen LogP contribution in [0, 0.1) is 0 Å². The SMILES string of the molecule is C=C[C@]1(O)C(=O)N(C)c2ccccc21. The first kappa shape index (κ1) is 8.97. The van der Waals surface area contributed by atoms with Gasteiger partial charge in [-0.15, -0.1) is 0 Å². The first-order valence-corrected chi connectivity index (χ1v) is 4.35. The van der Waals surface area contributed by atoms with Gasteiger partial charge in [0.25, 0.3) is 5.91 Å². The molecule has 0 fully saturated rings. The lowest BCUT2D eigenvalue weighted by molar-refractivity contribution is -0.131. The summed E-state index contributed by atoms with van der Waals surface area (Å²) >= 11 is 0. The Morgan fingerprint density at radius 1 is 1.50 bits per heavy atom. The summed E-state index contributed by atoms with van der Waals surface area (Å²) in [5, 5.41) is 10.1. The van der Waals surface area contributed by atoms with Gasteiger partial charge < -0.3 is 10.0 Å². The molecule has 1 amide bonds. The third-order valence-corrected chi connectivity index (χ3v) is 2.60. The molecule has 1 aromatic rings. The van der Waals surface area contributed by atoms with E-state index in [0.717, 1.165) is 5.69 Å². The van der Waals surface area contributed by atoms with E-state index < -0.39 is 5.60 Å². The Kier molecular flexibility index (Phi) is 1.72. The van der Waals surface area contributed by atoms with Crippen LogP contribution in [-0.2, 0) is 10.4 Å². The number of carbonyl (C=O) groups is 1. The molecule has 0 saturated heterocycles. The quantitative estimate of drug-likeness (QED) is 0.670. The van der Waals surface area contributed by atoms with Crippen molar-refractivity contribution in [3.05, 3.63) is 42.5 Å². The molecule has 14 heavy (non-hydrogen) atoms. The van der Waals surface area contributed by atoms with Gasteiger partial charge >= 0.3 is 0 Å². The lowest BCUT2D eigenvalue weighted by Gasteiger charge is -2.16. The molecule has 0 unspecified atom stereocenters. The van der Waals surface area contributed by atoms with E-state index in [0.29, 0.717) is 5.56 Å². The summed E-state index contributed by atoms with van der Waals surface area (Å²) in [4.78, 5) is 13.2. The minimum Gasteiger partial charge on any atom is -0.372 e. The molecule has 1 heterocycles. The van der Waals surface area contributed by atoms with Gasteiger partial charge in [-0.3, -0.25) is 4.79 Å². The molecule has 2 rings (SSSR count). The zero-order chi connectivity index (χ0) is 10.3. The highest BCUT2D eigenvalue weighted by molar-refractivity contribution is 6.07. The van der Waals surface area contributed by atoms with Crippen LogP contribution in [0.5, 0.6) is 0 Å². The number of likely N-dealkylation sites (N-methyl/N-ethyl adjacent to an activating group) is 1.